The molecule has 2 aliphatic rings. The molecule has 0 aromatic heterocycles. The molecule has 0 spiro atoms. The number of unbranched alkanes of at least 4 members (excludes halogenated alkanes) is 12. The largest absolute Gasteiger partial charge is 0.457 e. The molecule has 11 unspecified atom stereocenters. The lowest BCUT2D eigenvalue weighted by atomic mass is 9.98. The fourth-order valence-electron chi connectivity index (χ4n) is 6.02. The topological polar surface area (TPSA) is 214 Å². The molecule has 51 heavy (non-hydrogen) atoms. The molecular formula is C37H68O14. The molecule has 2 fully saturated rings. The van der Waals surface area contributed by atoms with Gasteiger partial charge in [-0.15, -0.1) is 0 Å². The van der Waals surface area contributed by atoms with E-state index in [4.69, 9.17) is 28.4 Å². The highest BCUT2D eigenvalue weighted by Crippen LogP contribution is 2.26. The number of carbonyl (C=O) groups is 1. The van der Waals surface area contributed by atoms with Crippen molar-refractivity contribution in [2.75, 3.05) is 33.0 Å². The lowest BCUT2D eigenvalue weighted by molar-refractivity contribution is -0.332. The van der Waals surface area contributed by atoms with Gasteiger partial charge in [-0.1, -0.05) is 83.8 Å². The molecule has 0 aromatic carbocycles. The van der Waals surface area contributed by atoms with Crippen LogP contribution in [0.3, 0.4) is 0 Å². The van der Waals surface area contributed by atoms with Crippen molar-refractivity contribution in [2.45, 2.75) is 184 Å². The second kappa shape index (κ2) is 27.3. The molecule has 0 aliphatic carbocycles. The summed E-state index contributed by atoms with van der Waals surface area (Å²) in [6, 6.07) is 0. The fourth-order valence-corrected chi connectivity index (χ4v) is 6.02. The maximum absolute atomic E-state index is 12.3. The van der Waals surface area contributed by atoms with Gasteiger partial charge in [0.15, 0.2) is 12.6 Å². The highest BCUT2D eigenvalue weighted by molar-refractivity contribution is 5.69. The second-order valence-electron chi connectivity index (χ2n) is 13.8. The van der Waals surface area contributed by atoms with Crippen LogP contribution in [0.4, 0.5) is 0 Å². The minimum atomic E-state index is -1.70. The Kier molecular flexibility index (Phi) is 24.6. The molecule has 11 atom stereocenters. The van der Waals surface area contributed by atoms with Crippen molar-refractivity contribution in [3.63, 3.8) is 0 Å². The maximum Gasteiger partial charge on any atom is 0.306 e. The molecule has 300 valence electrons. The number of allylic oxidation sites excluding steroid dienone is 2. The Labute approximate surface area is 304 Å². The summed E-state index contributed by atoms with van der Waals surface area (Å²) in [5.41, 5.74) is 0. The summed E-state index contributed by atoms with van der Waals surface area (Å²) in [5.74, 6) is -0.432. The van der Waals surface area contributed by atoms with Crippen molar-refractivity contribution in [3.05, 3.63) is 12.2 Å². The summed E-state index contributed by atoms with van der Waals surface area (Å²) in [7, 11) is 0. The fraction of sp³-hybridized carbons (Fsp3) is 0.919. The number of aliphatic hydroxyl groups is 7. The van der Waals surface area contributed by atoms with Crippen molar-refractivity contribution in [3.8, 4) is 0 Å². The number of aliphatic hydroxyl groups excluding tert-OH is 7. The van der Waals surface area contributed by atoms with Gasteiger partial charge < -0.3 is 64.2 Å². The van der Waals surface area contributed by atoms with E-state index in [0.29, 0.717) is 13.0 Å². The van der Waals surface area contributed by atoms with Crippen molar-refractivity contribution >= 4 is 5.97 Å². The molecule has 0 aromatic rings. The van der Waals surface area contributed by atoms with Crippen LogP contribution in [0, 0.1) is 0 Å². The molecule has 7 N–H and O–H groups in total. The Balaban J connectivity index is 1.70. The predicted octanol–water partition coefficient (Wildman–Crippen LogP) is 2.39. The quantitative estimate of drug-likeness (QED) is 0.0349. The van der Waals surface area contributed by atoms with Gasteiger partial charge in [-0.3, -0.25) is 4.79 Å². The van der Waals surface area contributed by atoms with Gasteiger partial charge in [0.1, 0.15) is 54.9 Å². The first-order valence-electron chi connectivity index (χ1n) is 19.3. The third-order valence-electron chi connectivity index (χ3n) is 9.24. The second-order valence-corrected chi connectivity index (χ2v) is 13.8. The Morgan fingerprint density at radius 1 is 0.627 bits per heavy atom. The highest BCUT2D eigenvalue weighted by atomic mass is 16.7. The minimum absolute atomic E-state index is 0.0537. The van der Waals surface area contributed by atoms with Crippen LogP contribution in [0.25, 0.3) is 0 Å². The van der Waals surface area contributed by atoms with Crippen LogP contribution >= 0.6 is 0 Å². The average Bonchev–Trinajstić information content (AvgIpc) is 3.12. The summed E-state index contributed by atoms with van der Waals surface area (Å²) < 4.78 is 33.5. The molecule has 2 heterocycles. The molecule has 0 radical (unpaired) electrons. The Morgan fingerprint density at radius 2 is 1.16 bits per heavy atom. The molecule has 2 saturated heterocycles. The predicted molar refractivity (Wildman–Crippen MR) is 187 cm³/mol. The zero-order valence-corrected chi connectivity index (χ0v) is 30.8. The molecular weight excluding hydrogens is 668 g/mol. The number of hydrogen-bond acceptors (Lipinski definition) is 14. The van der Waals surface area contributed by atoms with Crippen LogP contribution in [0.15, 0.2) is 12.2 Å². The Morgan fingerprint density at radius 3 is 1.75 bits per heavy atom. The van der Waals surface area contributed by atoms with E-state index < -0.39 is 86.7 Å². The monoisotopic (exact) mass is 736 g/mol. The molecule has 2 rings (SSSR count). The summed E-state index contributed by atoms with van der Waals surface area (Å²) in [5, 5.41) is 71.1. The number of ether oxygens (including phenoxy) is 6. The average molecular weight is 737 g/mol. The van der Waals surface area contributed by atoms with Gasteiger partial charge in [0, 0.05) is 13.0 Å². The number of hydrogen-bond donors (Lipinski definition) is 7. The van der Waals surface area contributed by atoms with E-state index in [1.165, 1.54) is 64.2 Å². The van der Waals surface area contributed by atoms with E-state index in [0.717, 1.165) is 25.7 Å². The van der Waals surface area contributed by atoms with Crippen molar-refractivity contribution in [2.24, 2.45) is 0 Å². The molecule has 0 amide bonds. The number of esters is 1. The van der Waals surface area contributed by atoms with Crippen LogP contribution in [-0.2, 0) is 33.2 Å². The van der Waals surface area contributed by atoms with Crippen molar-refractivity contribution < 1.29 is 69.0 Å². The Bertz CT molecular complexity index is 907. The van der Waals surface area contributed by atoms with Gasteiger partial charge in [0.2, 0.25) is 0 Å². The highest BCUT2D eigenvalue weighted by Gasteiger charge is 2.47. The van der Waals surface area contributed by atoms with Crippen molar-refractivity contribution in [1.29, 1.82) is 0 Å². The van der Waals surface area contributed by atoms with Crippen molar-refractivity contribution in [1.82, 2.24) is 0 Å². The van der Waals surface area contributed by atoms with Gasteiger partial charge >= 0.3 is 5.97 Å². The maximum atomic E-state index is 12.3. The SMILES string of the molecule is CCCCCCCC/C=C\CCCCCCCCOCC(COC1OC(COC2OC(CO)C(O)C(O)C2O)C(O)C(O)C1O)OC(=O)CCC. The van der Waals surface area contributed by atoms with Gasteiger partial charge in [0.05, 0.1) is 26.4 Å². The van der Waals surface area contributed by atoms with E-state index in [1.807, 2.05) is 6.92 Å². The van der Waals surface area contributed by atoms with E-state index in [2.05, 4.69) is 19.1 Å². The number of rotatable bonds is 28. The van der Waals surface area contributed by atoms with Crippen LogP contribution < -0.4 is 0 Å². The van der Waals surface area contributed by atoms with E-state index in [1.54, 1.807) is 0 Å². The van der Waals surface area contributed by atoms with Crippen LogP contribution in [0.5, 0.6) is 0 Å². The number of carbonyl (C=O) groups excluding carboxylic acids is 1. The van der Waals surface area contributed by atoms with Crippen LogP contribution in [-0.4, -0.2) is 142 Å². The third kappa shape index (κ3) is 17.6. The third-order valence-corrected chi connectivity index (χ3v) is 9.24. The lowest BCUT2D eigenvalue weighted by Gasteiger charge is -2.42. The van der Waals surface area contributed by atoms with Gasteiger partial charge in [-0.05, 0) is 38.5 Å². The first-order valence-corrected chi connectivity index (χ1v) is 19.3. The first-order chi connectivity index (χ1) is 24.6. The molecule has 0 saturated carbocycles. The van der Waals surface area contributed by atoms with E-state index in [9.17, 15) is 40.5 Å². The smallest absolute Gasteiger partial charge is 0.306 e. The van der Waals surface area contributed by atoms with E-state index >= 15 is 0 Å². The molecule has 14 nitrogen and oxygen atoms in total. The lowest BCUT2D eigenvalue weighted by Crippen LogP contribution is -2.61. The molecule has 14 heteroatoms. The van der Waals surface area contributed by atoms with Crippen LogP contribution in [0.2, 0.25) is 0 Å². The minimum Gasteiger partial charge on any atom is -0.457 e. The summed E-state index contributed by atoms with van der Waals surface area (Å²) in [6.07, 6.45) is 6.21. The van der Waals surface area contributed by atoms with Crippen LogP contribution in [0.1, 0.15) is 117 Å². The summed E-state index contributed by atoms with van der Waals surface area (Å²) >= 11 is 0. The molecule has 2 aliphatic heterocycles. The van der Waals surface area contributed by atoms with Gasteiger partial charge in [0.25, 0.3) is 0 Å². The first kappa shape index (κ1) is 45.9. The zero-order chi connectivity index (χ0) is 37.4. The summed E-state index contributed by atoms with van der Waals surface area (Å²) in [6.45, 7) is 3.26. The standard InChI is InChI=1S/C37H68O14/c1-3-5-6-7-8-9-10-11-12-13-14-15-16-17-18-19-21-46-23-26(49-29(39)20-4-2)24-47-36-35(45)33(43)31(41)28(51-36)25-48-37-34(44)32(42)30(40)27(22-38)50-37/h11-12,26-28,30-38,40-45H,3-10,13-25H2,1-2H3/b12-11-. The normalized spacial score (nSPS) is 30.5. The van der Waals surface area contributed by atoms with E-state index in [-0.39, 0.29) is 19.6 Å². The Hall–Kier alpha value is -1.27. The van der Waals surface area contributed by atoms with Gasteiger partial charge in [-0.25, -0.2) is 0 Å². The zero-order valence-electron chi connectivity index (χ0n) is 30.8. The summed E-state index contributed by atoms with van der Waals surface area (Å²) in [4.78, 5) is 12.3. The van der Waals surface area contributed by atoms with Gasteiger partial charge in [-0.2, -0.15) is 0 Å². The molecule has 0 bridgehead atoms.